The lowest BCUT2D eigenvalue weighted by Gasteiger charge is -2.22. The molecule has 0 saturated heterocycles. The van der Waals surface area contributed by atoms with Crippen LogP contribution in [0.2, 0.25) is 0 Å². The van der Waals surface area contributed by atoms with Crippen molar-refractivity contribution in [2.45, 2.75) is 38.6 Å². The number of hydrogen-bond acceptors (Lipinski definition) is 3. The zero-order chi connectivity index (χ0) is 16.9. The molecule has 1 atom stereocenters. The lowest BCUT2D eigenvalue weighted by molar-refractivity contribution is -0.116. The van der Waals surface area contributed by atoms with Gasteiger partial charge in [-0.15, -0.1) is 0 Å². The Hall–Kier alpha value is -2.80. The van der Waals surface area contributed by atoms with Gasteiger partial charge in [-0.1, -0.05) is 18.2 Å². The molecule has 0 unspecified atom stereocenters. The summed E-state index contributed by atoms with van der Waals surface area (Å²) in [6.07, 6.45) is 4.62. The second-order valence-electron chi connectivity index (χ2n) is 6.20. The maximum absolute atomic E-state index is 12.4. The molecule has 2 aromatic rings. The lowest BCUT2D eigenvalue weighted by atomic mass is 9.90. The minimum absolute atomic E-state index is 0.112. The summed E-state index contributed by atoms with van der Waals surface area (Å²) in [6, 6.07) is 14.9. The van der Waals surface area contributed by atoms with Gasteiger partial charge in [0.1, 0.15) is 6.04 Å². The average molecular weight is 319 g/mol. The summed E-state index contributed by atoms with van der Waals surface area (Å²) in [5, 5.41) is 15.1. The van der Waals surface area contributed by atoms with E-state index in [9.17, 15) is 4.79 Å². The Morgan fingerprint density at radius 2 is 1.96 bits per heavy atom. The highest BCUT2D eigenvalue weighted by molar-refractivity contribution is 5.96. The molecular formula is C20H21N3O. The van der Waals surface area contributed by atoms with Crippen LogP contribution >= 0.6 is 0 Å². The Morgan fingerprint density at radius 3 is 2.79 bits per heavy atom. The largest absolute Gasteiger partial charge is 0.374 e. The van der Waals surface area contributed by atoms with Gasteiger partial charge in [0.2, 0.25) is 5.91 Å². The topological polar surface area (TPSA) is 64.9 Å². The van der Waals surface area contributed by atoms with Crippen LogP contribution in [0.5, 0.6) is 0 Å². The second kappa shape index (κ2) is 7.18. The number of carbonyl (C=O) groups excluding carboxylic acids is 1. The highest BCUT2D eigenvalue weighted by Gasteiger charge is 2.17. The fraction of sp³-hybridized carbons (Fsp3) is 0.300. The van der Waals surface area contributed by atoms with Gasteiger partial charge in [0.25, 0.3) is 0 Å². The molecule has 0 aromatic heterocycles. The van der Waals surface area contributed by atoms with Gasteiger partial charge >= 0.3 is 0 Å². The first-order valence-corrected chi connectivity index (χ1v) is 8.35. The molecule has 0 heterocycles. The summed E-state index contributed by atoms with van der Waals surface area (Å²) in [4.78, 5) is 12.4. The maximum atomic E-state index is 12.4. The molecule has 0 spiro atoms. The monoisotopic (exact) mass is 319 g/mol. The number of anilines is 2. The van der Waals surface area contributed by atoms with Crippen molar-refractivity contribution in [3.8, 4) is 6.07 Å². The first kappa shape index (κ1) is 16.1. The number of amides is 1. The summed E-state index contributed by atoms with van der Waals surface area (Å²) in [5.74, 6) is -0.112. The zero-order valence-electron chi connectivity index (χ0n) is 13.8. The van der Waals surface area contributed by atoms with E-state index in [-0.39, 0.29) is 11.9 Å². The third kappa shape index (κ3) is 3.57. The molecule has 1 aliphatic carbocycles. The van der Waals surface area contributed by atoms with E-state index >= 15 is 0 Å². The quantitative estimate of drug-likeness (QED) is 0.899. The van der Waals surface area contributed by atoms with Crippen molar-refractivity contribution < 1.29 is 4.79 Å². The molecule has 0 aliphatic heterocycles. The molecule has 2 N–H and O–H groups in total. The van der Waals surface area contributed by atoms with E-state index in [1.807, 2.05) is 19.1 Å². The minimum atomic E-state index is -0.357. The van der Waals surface area contributed by atoms with E-state index in [4.69, 9.17) is 5.26 Å². The normalized spacial score (nSPS) is 14.2. The average Bonchev–Trinajstić information content (AvgIpc) is 2.62. The predicted octanol–water partition coefficient (Wildman–Crippen LogP) is 3.88. The highest BCUT2D eigenvalue weighted by Crippen LogP contribution is 2.28. The summed E-state index contributed by atoms with van der Waals surface area (Å²) in [7, 11) is 0. The van der Waals surface area contributed by atoms with E-state index < -0.39 is 0 Å². The summed E-state index contributed by atoms with van der Waals surface area (Å²) < 4.78 is 0. The SMILES string of the molecule is C[C@H](Nc1cccc2c1CCCC2)C(=O)Nc1cccc(C#N)c1. The van der Waals surface area contributed by atoms with Crippen LogP contribution in [0.15, 0.2) is 42.5 Å². The van der Waals surface area contributed by atoms with E-state index in [1.165, 1.54) is 24.0 Å². The van der Waals surface area contributed by atoms with Gasteiger partial charge in [-0.05, 0) is 68.0 Å². The first-order chi connectivity index (χ1) is 11.7. The highest BCUT2D eigenvalue weighted by atomic mass is 16.2. The van der Waals surface area contributed by atoms with Gasteiger partial charge in [-0.25, -0.2) is 0 Å². The van der Waals surface area contributed by atoms with Gasteiger partial charge < -0.3 is 10.6 Å². The van der Waals surface area contributed by atoms with Crippen LogP contribution in [0.3, 0.4) is 0 Å². The number of carbonyl (C=O) groups is 1. The number of nitrogens with one attached hydrogen (secondary N) is 2. The number of nitrogens with zero attached hydrogens (tertiary/aromatic N) is 1. The number of fused-ring (bicyclic) bond motifs is 1. The maximum Gasteiger partial charge on any atom is 0.246 e. The third-order valence-corrected chi connectivity index (χ3v) is 4.42. The number of aryl methyl sites for hydroxylation is 1. The van der Waals surface area contributed by atoms with Crippen molar-refractivity contribution in [2.75, 3.05) is 10.6 Å². The van der Waals surface area contributed by atoms with E-state index in [1.54, 1.807) is 24.3 Å². The number of nitriles is 1. The molecule has 1 amide bonds. The smallest absolute Gasteiger partial charge is 0.246 e. The van der Waals surface area contributed by atoms with Crippen LogP contribution in [0.4, 0.5) is 11.4 Å². The van der Waals surface area contributed by atoms with Crippen LogP contribution in [-0.2, 0) is 17.6 Å². The van der Waals surface area contributed by atoms with Crippen LogP contribution in [-0.4, -0.2) is 11.9 Å². The summed E-state index contributed by atoms with van der Waals surface area (Å²) in [5.41, 5.74) is 4.96. The molecule has 3 rings (SSSR count). The van der Waals surface area contributed by atoms with Gasteiger partial charge in [0, 0.05) is 11.4 Å². The van der Waals surface area contributed by atoms with E-state index in [0.29, 0.717) is 11.3 Å². The molecular weight excluding hydrogens is 298 g/mol. The number of rotatable bonds is 4. The van der Waals surface area contributed by atoms with Crippen LogP contribution in [0, 0.1) is 11.3 Å². The van der Waals surface area contributed by atoms with Crippen molar-refractivity contribution in [1.29, 1.82) is 5.26 Å². The molecule has 0 saturated carbocycles. The van der Waals surface area contributed by atoms with Crippen molar-refractivity contribution in [3.63, 3.8) is 0 Å². The molecule has 1 aliphatic rings. The summed E-state index contributed by atoms with van der Waals surface area (Å²) in [6.45, 7) is 1.85. The number of hydrogen-bond donors (Lipinski definition) is 2. The third-order valence-electron chi connectivity index (χ3n) is 4.42. The van der Waals surface area contributed by atoms with Crippen molar-refractivity contribution in [3.05, 3.63) is 59.2 Å². The summed E-state index contributed by atoms with van der Waals surface area (Å²) >= 11 is 0. The molecule has 0 radical (unpaired) electrons. The molecule has 0 bridgehead atoms. The van der Waals surface area contributed by atoms with Gasteiger partial charge in [-0.3, -0.25) is 4.79 Å². The predicted molar refractivity (Wildman–Crippen MR) is 96.0 cm³/mol. The van der Waals surface area contributed by atoms with E-state index in [2.05, 4.69) is 22.8 Å². The van der Waals surface area contributed by atoms with Gasteiger partial charge in [0.15, 0.2) is 0 Å². The van der Waals surface area contributed by atoms with Crippen LogP contribution < -0.4 is 10.6 Å². The standard InChI is InChI=1S/C20H21N3O/c1-14(20(24)23-17-9-4-6-15(12-17)13-21)22-19-11-5-8-16-7-2-3-10-18(16)19/h4-6,8-9,11-12,14,22H,2-3,7,10H2,1H3,(H,23,24)/t14-/m0/s1. The fourth-order valence-electron chi connectivity index (χ4n) is 3.13. The molecule has 122 valence electrons. The number of benzene rings is 2. The Morgan fingerprint density at radius 1 is 1.17 bits per heavy atom. The zero-order valence-corrected chi connectivity index (χ0v) is 13.8. The van der Waals surface area contributed by atoms with Gasteiger partial charge in [0.05, 0.1) is 11.6 Å². The Kier molecular flexibility index (Phi) is 4.81. The minimum Gasteiger partial charge on any atom is -0.374 e. The first-order valence-electron chi connectivity index (χ1n) is 8.35. The van der Waals surface area contributed by atoms with Crippen molar-refractivity contribution in [2.24, 2.45) is 0 Å². The fourth-order valence-corrected chi connectivity index (χ4v) is 3.13. The van der Waals surface area contributed by atoms with Crippen LogP contribution in [0.1, 0.15) is 36.5 Å². The van der Waals surface area contributed by atoms with Crippen molar-refractivity contribution >= 4 is 17.3 Å². The lowest BCUT2D eigenvalue weighted by Crippen LogP contribution is -2.32. The molecule has 4 nitrogen and oxygen atoms in total. The van der Waals surface area contributed by atoms with Gasteiger partial charge in [-0.2, -0.15) is 5.26 Å². The van der Waals surface area contributed by atoms with Crippen LogP contribution in [0.25, 0.3) is 0 Å². The Labute approximate surface area is 142 Å². The van der Waals surface area contributed by atoms with E-state index in [0.717, 1.165) is 18.5 Å². The Balaban J connectivity index is 1.69. The molecule has 24 heavy (non-hydrogen) atoms. The Bertz CT molecular complexity index is 792. The molecule has 0 fully saturated rings. The van der Waals surface area contributed by atoms with Crippen molar-refractivity contribution in [1.82, 2.24) is 0 Å². The second-order valence-corrected chi connectivity index (χ2v) is 6.20. The molecule has 2 aromatic carbocycles. The molecule has 4 heteroatoms.